The lowest BCUT2D eigenvalue weighted by molar-refractivity contribution is 0.325. The smallest absolute Gasteiger partial charge is 0.135 e. The first-order valence-corrected chi connectivity index (χ1v) is 8.66. The standard InChI is InChI=1S/C21H24N4O/c1-16-11-17(2)13-19(12-16)26-10-9-25(3)21-14-20(22-15-23-21)24-18-7-5-4-6-8-18/h4-8,11-15H,9-10H2,1-3H3,(H,22,23,24). The maximum absolute atomic E-state index is 5.89. The van der Waals surface area contributed by atoms with Crippen molar-refractivity contribution in [1.82, 2.24) is 9.97 Å². The fourth-order valence-corrected chi connectivity index (χ4v) is 2.72. The molecule has 3 rings (SSSR count). The van der Waals surface area contributed by atoms with Crippen LogP contribution in [0.3, 0.4) is 0 Å². The number of hydrogen-bond donors (Lipinski definition) is 1. The Morgan fingerprint density at radius 3 is 2.42 bits per heavy atom. The van der Waals surface area contributed by atoms with Crippen molar-refractivity contribution in [2.75, 3.05) is 30.4 Å². The van der Waals surface area contributed by atoms with E-state index in [9.17, 15) is 0 Å². The number of aryl methyl sites for hydroxylation is 2. The van der Waals surface area contributed by atoms with E-state index in [1.807, 2.05) is 43.4 Å². The van der Waals surface area contributed by atoms with Crippen molar-refractivity contribution < 1.29 is 4.74 Å². The Kier molecular flexibility index (Phi) is 5.69. The molecule has 0 bridgehead atoms. The second-order valence-corrected chi connectivity index (χ2v) is 6.35. The first-order chi connectivity index (χ1) is 12.6. The summed E-state index contributed by atoms with van der Waals surface area (Å²) in [5.74, 6) is 2.52. The lowest BCUT2D eigenvalue weighted by atomic mass is 10.1. The van der Waals surface area contributed by atoms with Gasteiger partial charge in [0, 0.05) is 18.8 Å². The molecule has 0 saturated carbocycles. The number of likely N-dealkylation sites (N-methyl/N-ethyl adjacent to an activating group) is 1. The third-order valence-corrected chi connectivity index (χ3v) is 3.98. The lowest BCUT2D eigenvalue weighted by Gasteiger charge is -2.19. The molecule has 0 unspecified atom stereocenters. The Morgan fingerprint density at radius 2 is 1.69 bits per heavy atom. The summed E-state index contributed by atoms with van der Waals surface area (Å²) in [6, 6.07) is 18.2. The zero-order valence-corrected chi connectivity index (χ0v) is 15.4. The van der Waals surface area contributed by atoms with Crippen molar-refractivity contribution in [3.63, 3.8) is 0 Å². The van der Waals surface area contributed by atoms with E-state index in [1.165, 1.54) is 11.1 Å². The van der Waals surface area contributed by atoms with E-state index in [0.717, 1.165) is 29.6 Å². The minimum absolute atomic E-state index is 0.588. The van der Waals surface area contributed by atoms with Gasteiger partial charge in [0.25, 0.3) is 0 Å². The van der Waals surface area contributed by atoms with Crippen molar-refractivity contribution in [2.45, 2.75) is 13.8 Å². The zero-order chi connectivity index (χ0) is 18.4. The highest BCUT2D eigenvalue weighted by molar-refractivity contribution is 5.58. The summed E-state index contributed by atoms with van der Waals surface area (Å²) in [6.07, 6.45) is 1.57. The molecule has 0 amide bonds. The summed E-state index contributed by atoms with van der Waals surface area (Å²) in [5, 5.41) is 3.28. The normalized spacial score (nSPS) is 10.4. The zero-order valence-electron chi connectivity index (χ0n) is 15.4. The van der Waals surface area contributed by atoms with Crippen LogP contribution in [0.4, 0.5) is 17.3 Å². The molecule has 0 radical (unpaired) electrons. The van der Waals surface area contributed by atoms with Crippen LogP contribution in [0.2, 0.25) is 0 Å². The largest absolute Gasteiger partial charge is 0.492 e. The molecule has 0 saturated heterocycles. The van der Waals surface area contributed by atoms with E-state index in [1.54, 1.807) is 6.33 Å². The van der Waals surface area contributed by atoms with Crippen LogP contribution in [0.5, 0.6) is 5.75 Å². The second-order valence-electron chi connectivity index (χ2n) is 6.35. The highest BCUT2D eigenvalue weighted by Crippen LogP contribution is 2.18. The van der Waals surface area contributed by atoms with Gasteiger partial charge in [0.1, 0.15) is 30.3 Å². The summed E-state index contributed by atoms with van der Waals surface area (Å²) in [4.78, 5) is 10.7. The Bertz CT molecular complexity index is 831. The molecule has 3 aromatic rings. The van der Waals surface area contributed by atoms with E-state index >= 15 is 0 Å². The molecule has 2 aromatic carbocycles. The lowest BCUT2D eigenvalue weighted by Crippen LogP contribution is -2.24. The average molecular weight is 348 g/mol. The first kappa shape index (κ1) is 17.7. The molecule has 0 fully saturated rings. The van der Waals surface area contributed by atoms with Gasteiger partial charge in [-0.05, 0) is 49.2 Å². The summed E-state index contributed by atoms with van der Waals surface area (Å²) >= 11 is 0. The summed E-state index contributed by atoms with van der Waals surface area (Å²) in [6.45, 7) is 5.47. The molecule has 26 heavy (non-hydrogen) atoms. The quantitative estimate of drug-likeness (QED) is 0.688. The van der Waals surface area contributed by atoms with Crippen LogP contribution in [0, 0.1) is 13.8 Å². The second kappa shape index (κ2) is 8.34. The van der Waals surface area contributed by atoms with E-state index in [4.69, 9.17) is 4.74 Å². The van der Waals surface area contributed by atoms with Gasteiger partial charge in [-0.2, -0.15) is 0 Å². The Balaban J connectivity index is 1.57. The van der Waals surface area contributed by atoms with Gasteiger partial charge in [0.05, 0.1) is 6.54 Å². The first-order valence-electron chi connectivity index (χ1n) is 8.66. The maximum Gasteiger partial charge on any atom is 0.135 e. The Labute approximate surface area is 154 Å². The number of rotatable bonds is 7. The van der Waals surface area contributed by atoms with Gasteiger partial charge >= 0.3 is 0 Å². The summed E-state index contributed by atoms with van der Waals surface area (Å²) < 4.78 is 5.89. The predicted octanol–water partition coefficient (Wildman–Crippen LogP) is 4.35. The van der Waals surface area contributed by atoms with Crippen molar-refractivity contribution >= 4 is 17.3 Å². The Hall–Kier alpha value is -3.08. The number of hydrogen-bond acceptors (Lipinski definition) is 5. The van der Waals surface area contributed by atoms with Crippen LogP contribution in [-0.2, 0) is 0 Å². The van der Waals surface area contributed by atoms with Gasteiger partial charge in [-0.25, -0.2) is 9.97 Å². The minimum Gasteiger partial charge on any atom is -0.492 e. The molecular formula is C21H24N4O. The van der Waals surface area contributed by atoms with E-state index < -0.39 is 0 Å². The van der Waals surface area contributed by atoms with Crippen LogP contribution in [0.15, 0.2) is 60.9 Å². The monoisotopic (exact) mass is 348 g/mol. The molecule has 5 nitrogen and oxygen atoms in total. The number of anilines is 3. The van der Waals surface area contributed by atoms with Crippen LogP contribution < -0.4 is 15.0 Å². The highest BCUT2D eigenvalue weighted by atomic mass is 16.5. The molecule has 5 heteroatoms. The number of benzene rings is 2. The third kappa shape index (κ3) is 4.96. The van der Waals surface area contributed by atoms with E-state index in [2.05, 4.69) is 52.2 Å². The molecular weight excluding hydrogens is 324 g/mol. The summed E-state index contributed by atoms with van der Waals surface area (Å²) in [5.41, 5.74) is 3.42. The number of nitrogens with zero attached hydrogens (tertiary/aromatic N) is 3. The number of para-hydroxylation sites is 1. The van der Waals surface area contributed by atoms with Gasteiger partial charge in [0.2, 0.25) is 0 Å². The van der Waals surface area contributed by atoms with Crippen LogP contribution in [0.1, 0.15) is 11.1 Å². The summed E-state index contributed by atoms with van der Waals surface area (Å²) in [7, 11) is 2.00. The van der Waals surface area contributed by atoms with Crippen LogP contribution >= 0.6 is 0 Å². The molecule has 1 heterocycles. The average Bonchev–Trinajstić information content (AvgIpc) is 2.62. The molecule has 1 aromatic heterocycles. The fraction of sp³-hybridized carbons (Fsp3) is 0.238. The minimum atomic E-state index is 0.588. The number of ether oxygens (including phenoxy) is 1. The van der Waals surface area contributed by atoms with E-state index in [-0.39, 0.29) is 0 Å². The number of nitrogens with one attached hydrogen (secondary N) is 1. The highest BCUT2D eigenvalue weighted by Gasteiger charge is 2.06. The van der Waals surface area contributed by atoms with Crippen molar-refractivity contribution in [1.29, 1.82) is 0 Å². The molecule has 134 valence electrons. The molecule has 0 aliphatic heterocycles. The number of aromatic nitrogens is 2. The van der Waals surface area contributed by atoms with Crippen molar-refractivity contribution in [2.24, 2.45) is 0 Å². The Morgan fingerprint density at radius 1 is 0.962 bits per heavy atom. The van der Waals surface area contributed by atoms with Gasteiger partial charge in [-0.3, -0.25) is 0 Å². The van der Waals surface area contributed by atoms with Gasteiger partial charge in [-0.1, -0.05) is 24.3 Å². The van der Waals surface area contributed by atoms with Crippen molar-refractivity contribution in [3.05, 3.63) is 72.1 Å². The van der Waals surface area contributed by atoms with Gasteiger partial charge in [0.15, 0.2) is 0 Å². The van der Waals surface area contributed by atoms with Gasteiger partial charge in [-0.15, -0.1) is 0 Å². The topological polar surface area (TPSA) is 50.3 Å². The molecule has 0 atom stereocenters. The van der Waals surface area contributed by atoms with Gasteiger partial charge < -0.3 is 15.0 Å². The molecule has 1 N–H and O–H groups in total. The fourth-order valence-electron chi connectivity index (χ4n) is 2.72. The van der Waals surface area contributed by atoms with Crippen molar-refractivity contribution in [3.8, 4) is 5.75 Å². The molecule has 0 aliphatic carbocycles. The molecule has 0 aliphatic rings. The third-order valence-electron chi connectivity index (χ3n) is 3.98. The van der Waals surface area contributed by atoms with E-state index in [0.29, 0.717) is 6.61 Å². The van der Waals surface area contributed by atoms with Crippen LogP contribution in [-0.4, -0.2) is 30.2 Å². The predicted molar refractivity (Wildman–Crippen MR) is 106 cm³/mol. The SMILES string of the molecule is Cc1cc(C)cc(OCCN(C)c2cc(Nc3ccccc3)ncn2)c1. The molecule has 0 spiro atoms. The van der Waals surface area contributed by atoms with Crippen LogP contribution in [0.25, 0.3) is 0 Å². The maximum atomic E-state index is 5.89.